The highest BCUT2D eigenvalue weighted by Crippen LogP contribution is 2.37. The summed E-state index contributed by atoms with van der Waals surface area (Å²) >= 11 is 0. The average Bonchev–Trinajstić information content (AvgIpc) is 3.62. The van der Waals surface area contributed by atoms with Crippen LogP contribution in [0.25, 0.3) is 11.3 Å². The fourth-order valence-electron chi connectivity index (χ4n) is 4.15. The Hall–Kier alpha value is -3.39. The number of halogens is 1. The summed E-state index contributed by atoms with van der Waals surface area (Å²) in [6.45, 7) is 2.73. The summed E-state index contributed by atoms with van der Waals surface area (Å²) in [6.07, 6.45) is 1.88. The number of hydrogen-bond donors (Lipinski definition) is 0. The van der Waals surface area contributed by atoms with Crippen LogP contribution in [0.4, 0.5) is 10.3 Å². The Morgan fingerprint density at radius 3 is 2.55 bits per heavy atom. The maximum atomic E-state index is 14.7. The van der Waals surface area contributed by atoms with Crippen LogP contribution in [-0.4, -0.2) is 55.4 Å². The van der Waals surface area contributed by atoms with Crippen molar-refractivity contribution in [1.82, 2.24) is 10.1 Å². The second-order valence-corrected chi connectivity index (χ2v) is 8.29. The van der Waals surface area contributed by atoms with Gasteiger partial charge in [-0.25, -0.2) is 4.39 Å². The van der Waals surface area contributed by atoms with E-state index in [-0.39, 0.29) is 24.3 Å². The normalized spacial score (nSPS) is 16.0. The summed E-state index contributed by atoms with van der Waals surface area (Å²) in [4.78, 5) is 17.4. The molecule has 0 N–H and O–H groups in total. The molecule has 7 nitrogen and oxygen atoms in total. The van der Waals surface area contributed by atoms with Crippen LogP contribution >= 0.6 is 0 Å². The number of carbonyl (C=O) groups is 1. The number of aromatic nitrogens is 1. The van der Waals surface area contributed by atoms with Gasteiger partial charge < -0.3 is 23.8 Å². The Morgan fingerprint density at radius 1 is 1.15 bits per heavy atom. The molecule has 3 aromatic rings. The number of carbonyl (C=O) groups excluding carboxylic acids is 1. The highest BCUT2D eigenvalue weighted by atomic mass is 19.1. The molecule has 2 aliphatic rings. The maximum Gasteiger partial charge on any atom is 0.254 e. The van der Waals surface area contributed by atoms with Gasteiger partial charge in [0, 0.05) is 30.3 Å². The molecule has 0 atom stereocenters. The number of rotatable bonds is 7. The van der Waals surface area contributed by atoms with Crippen molar-refractivity contribution in [3.8, 4) is 17.0 Å². The van der Waals surface area contributed by atoms with E-state index in [9.17, 15) is 9.18 Å². The van der Waals surface area contributed by atoms with Crippen LogP contribution in [-0.2, 0) is 11.3 Å². The van der Waals surface area contributed by atoms with Crippen molar-refractivity contribution in [2.24, 2.45) is 0 Å². The first kappa shape index (κ1) is 21.5. The summed E-state index contributed by atoms with van der Waals surface area (Å²) in [5.41, 5.74) is 2.10. The van der Waals surface area contributed by atoms with Crippen LogP contribution in [0.15, 0.2) is 53.1 Å². The van der Waals surface area contributed by atoms with Crippen molar-refractivity contribution in [3.05, 3.63) is 65.5 Å². The SMILES string of the molecule is COc1ccc(C(=O)N(Cc2c(-c3ccccc3F)noc2N2CCOCC2)C2CC2)cc1. The highest BCUT2D eigenvalue weighted by Gasteiger charge is 2.36. The molecule has 8 heteroatoms. The average molecular weight is 451 g/mol. The first-order chi connectivity index (χ1) is 16.2. The van der Waals surface area contributed by atoms with E-state index in [4.69, 9.17) is 14.0 Å². The van der Waals surface area contributed by atoms with E-state index in [1.54, 1.807) is 49.6 Å². The molecule has 1 saturated heterocycles. The Morgan fingerprint density at radius 2 is 1.88 bits per heavy atom. The van der Waals surface area contributed by atoms with E-state index in [0.717, 1.165) is 18.4 Å². The van der Waals surface area contributed by atoms with Crippen LogP contribution in [0, 0.1) is 5.82 Å². The van der Waals surface area contributed by atoms with E-state index in [0.29, 0.717) is 54.8 Å². The van der Waals surface area contributed by atoms with Crippen molar-refractivity contribution in [2.45, 2.75) is 25.4 Å². The van der Waals surface area contributed by atoms with Gasteiger partial charge in [0.25, 0.3) is 5.91 Å². The minimum atomic E-state index is -0.375. The van der Waals surface area contributed by atoms with Crippen molar-refractivity contribution in [3.63, 3.8) is 0 Å². The first-order valence-electron chi connectivity index (χ1n) is 11.2. The minimum Gasteiger partial charge on any atom is -0.497 e. The zero-order chi connectivity index (χ0) is 22.8. The molecule has 0 radical (unpaired) electrons. The third-order valence-corrected chi connectivity index (χ3v) is 6.11. The van der Waals surface area contributed by atoms with Gasteiger partial charge in [-0.3, -0.25) is 4.79 Å². The number of hydrogen-bond acceptors (Lipinski definition) is 6. The zero-order valence-electron chi connectivity index (χ0n) is 18.5. The van der Waals surface area contributed by atoms with Crippen LogP contribution in [0.3, 0.4) is 0 Å². The lowest BCUT2D eigenvalue weighted by Crippen LogP contribution is -2.37. The third-order valence-electron chi connectivity index (χ3n) is 6.11. The molecule has 1 amide bonds. The van der Waals surface area contributed by atoms with Crippen LogP contribution in [0.5, 0.6) is 5.75 Å². The second kappa shape index (κ2) is 9.23. The molecular formula is C25H26FN3O4. The molecule has 1 aliphatic heterocycles. The Kier molecular flexibility index (Phi) is 6.00. The molecule has 2 heterocycles. The van der Waals surface area contributed by atoms with Gasteiger partial charge in [0.2, 0.25) is 5.88 Å². The lowest BCUT2D eigenvalue weighted by atomic mass is 10.1. The number of amides is 1. The number of anilines is 1. The maximum absolute atomic E-state index is 14.7. The monoisotopic (exact) mass is 451 g/mol. The van der Waals surface area contributed by atoms with Crippen molar-refractivity contribution in [2.75, 3.05) is 38.3 Å². The standard InChI is InChI=1S/C25H26FN3O4/c1-31-19-10-6-17(7-11-19)24(30)29(18-8-9-18)16-21-23(20-4-2-3-5-22(20)26)27-33-25(21)28-12-14-32-15-13-28/h2-7,10-11,18H,8-9,12-16H2,1H3. The molecule has 0 unspecified atom stereocenters. The fourth-order valence-corrected chi connectivity index (χ4v) is 4.15. The highest BCUT2D eigenvalue weighted by molar-refractivity contribution is 5.95. The molecule has 1 aromatic heterocycles. The summed E-state index contributed by atoms with van der Waals surface area (Å²) in [6, 6.07) is 13.7. The van der Waals surface area contributed by atoms with Gasteiger partial charge in [0.15, 0.2) is 0 Å². The molecule has 1 aliphatic carbocycles. The van der Waals surface area contributed by atoms with Crippen molar-refractivity contribution >= 4 is 11.8 Å². The Bertz CT molecular complexity index is 1120. The van der Waals surface area contributed by atoms with Crippen molar-refractivity contribution < 1.29 is 23.2 Å². The second-order valence-electron chi connectivity index (χ2n) is 8.29. The van der Waals surface area contributed by atoms with E-state index < -0.39 is 0 Å². The zero-order valence-corrected chi connectivity index (χ0v) is 18.5. The van der Waals surface area contributed by atoms with Gasteiger partial charge in [-0.2, -0.15) is 0 Å². The molecule has 1 saturated carbocycles. The van der Waals surface area contributed by atoms with Gasteiger partial charge in [0.1, 0.15) is 17.3 Å². The largest absolute Gasteiger partial charge is 0.497 e. The van der Waals surface area contributed by atoms with E-state index >= 15 is 0 Å². The summed E-state index contributed by atoms with van der Waals surface area (Å²) < 4.78 is 31.2. The Balaban J connectivity index is 1.52. The smallest absolute Gasteiger partial charge is 0.254 e. The van der Waals surface area contributed by atoms with Gasteiger partial charge >= 0.3 is 0 Å². The van der Waals surface area contributed by atoms with Crippen LogP contribution in [0.2, 0.25) is 0 Å². The molecule has 33 heavy (non-hydrogen) atoms. The predicted molar refractivity (Wildman–Crippen MR) is 121 cm³/mol. The molecule has 2 aromatic carbocycles. The first-order valence-corrected chi connectivity index (χ1v) is 11.2. The fraction of sp³-hybridized carbons (Fsp3) is 0.360. The topological polar surface area (TPSA) is 68.0 Å². The summed E-state index contributed by atoms with van der Waals surface area (Å²) in [7, 11) is 1.59. The van der Waals surface area contributed by atoms with E-state index in [1.807, 2.05) is 4.90 Å². The van der Waals surface area contributed by atoms with Gasteiger partial charge in [-0.15, -0.1) is 0 Å². The number of benzene rings is 2. The number of nitrogens with zero attached hydrogens (tertiary/aromatic N) is 3. The Labute approximate surface area is 191 Å². The molecule has 172 valence electrons. The molecule has 0 spiro atoms. The van der Waals surface area contributed by atoms with Gasteiger partial charge in [-0.1, -0.05) is 17.3 Å². The van der Waals surface area contributed by atoms with Gasteiger partial charge in [0.05, 0.1) is 32.4 Å². The third kappa shape index (κ3) is 4.43. The molecular weight excluding hydrogens is 425 g/mol. The van der Waals surface area contributed by atoms with Crippen LogP contribution in [0.1, 0.15) is 28.8 Å². The predicted octanol–water partition coefficient (Wildman–Crippen LogP) is 4.13. The number of ether oxygens (including phenoxy) is 2. The van der Waals surface area contributed by atoms with Crippen LogP contribution < -0.4 is 9.64 Å². The van der Waals surface area contributed by atoms with Crippen molar-refractivity contribution in [1.29, 1.82) is 0 Å². The quantitative estimate of drug-likeness (QED) is 0.538. The van der Waals surface area contributed by atoms with Gasteiger partial charge in [-0.05, 0) is 49.2 Å². The minimum absolute atomic E-state index is 0.0752. The van der Waals surface area contributed by atoms with E-state index in [2.05, 4.69) is 10.1 Å². The lowest BCUT2D eigenvalue weighted by Gasteiger charge is -2.28. The molecule has 5 rings (SSSR count). The number of methoxy groups -OCH3 is 1. The summed E-state index contributed by atoms with van der Waals surface area (Å²) in [5.74, 6) is 0.818. The molecule has 2 fully saturated rings. The van der Waals surface area contributed by atoms with E-state index in [1.165, 1.54) is 6.07 Å². The number of morpholine rings is 1. The molecule has 0 bridgehead atoms. The summed E-state index contributed by atoms with van der Waals surface area (Å²) in [5, 5.41) is 4.26. The lowest BCUT2D eigenvalue weighted by molar-refractivity contribution is 0.0729.